The van der Waals surface area contributed by atoms with Gasteiger partial charge in [0.05, 0.1) is 6.54 Å². The Morgan fingerprint density at radius 3 is 2.10 bits per heavy atom. The van der Waals surface area contributed by atoms with Gasteiger partial charge in [-0.05, 0) is 58.3 Å². The molecule has 0 radical (unpaired) electrons. The number of carbonyl (C=O) groups excluding carboxylic acids is 1. The van der Waals surface area contributed by atoms with E-state index < -0.39 is 13.9 Å². The van der Waals surface area contributed by atoms with Crippen LogP contribution in [0.1, 0.15) is 54.4 Å². The van der Waals surface area contributed by atoms with Crippen LogP contribution in [0.25, 0.3) is 0 Å². The van der Waals surface area contributed by atoms with Gasteiger partial charge in [-0.15, -0.1) is 0 Å². The standard InChI is InChI=1S/C16H35NO3Si/c1-15(2,3)20-14(18)13-17-11-9-10-12-19-21(7,8)16(4,5)6/h17H,9-13H2,1-8H3. The molecule has 0 unspecified atom stereocenters. The van der Waals surface area contributed by atoms with Crippen molar-refractivity contribution in [1.82, 2.24) is 5.32 Å². The molecule has 21 heavy (non-hydrogen) atoms. The maximum Gasteiger partial charge on any atom is 0.320 e. The van der Waals surface area contributed by atoms with Crippen LogP contribution in [-0.2, 0) is 14.0 Å². The van der Waals surface area contributed by atoms with E-state index in [1.807, 2.05) is 20.8 Å². The number of rotatable bonds is 8. The van der Waals surface area contributed by atoms with Crippen molar-refractivity contribution < 1.29 is 14.0 Å². The van der Waals surface area contributed by atoms with E-state index in [-0.39, 0.29) is 17.6 Å². The first kappa shape index (κ1) is 20.6. The Kier molecular flexibility index (Phi) is 8.14. The van der Waals surface area contributed by atoms with E-state index in [0.29, 0.717) is 0 Å². The molecule has 0 amide bonds. The summed E-state index contributed by atoms with van der Waals surface area (Å²) in [5, 5.41) is 3.38. The van der Waals surface area contributed by atoms with Crippen LogP contribution < -0.4 is 5.32 Å². The molecular weight excluding hydrogens is 282 g/mol. The molecule has 1 N–H and O–H groups in total. The van der Waals surface area contributed by atoms with Crippen LogP contribution in [0.5, 0.6) is 0 Å². The van der Waals surface area contributed by atoms with E-state index in [9.17, 15) is 4.79 Å². The Bertz CT molecular complexity index is 316. The summed E-state index contributed by atoms with van der Waals surface area (Å²) in [6.45, 7) is 18.8. The molecule has 0 aromatic rings. The molecule has 0 saturated carbocycles. The van der Waals surface area contributed by atoms with Crippen LogP contribution in [0.3, 0.4) is 0 Å². The quantitative estimate of drug-likeness (QED) is 0.421. The van der Waals surface area contributed by atoms with E-state index >= 15 is 0 Å². The van der Waals surface area contributed by atoms with E-state index in [0.717, 1.165) is 26.0 Å². The minimum absolute atomic E-state index is 0.194. The van der Waals surface area contributed by atoms with Crippen molar-refractivity contribution in [2.24, 2.45) is 0 Å². The molecule has 0 saturated heterocycles. The van der Waals surface area contributed by atoms with Gasteiger partial charge in [0.1, 0.15) is 5.60 Å². The molecule has 0 aliphatic heterocycles. The van der Waals surface area contributed by atoms with E-state index in [4.69, 9.17) is 9.16 Å². The fourth-order valence-electron chi connectivity index (χ4n) is 1.46. The fraction of sp³-hybridized carbons (Fsp3) is 0.938. The minimum atomic E-state index is -1.61. The number of hydrogen-bond acceptors (Lipinski definition) is 4. The number of nitrogens with one attached hydrogen (secondary N) is 1. The zero-order valence-corrected chi connectivity index (χ0v) is 16.3. The summed E-state index contributed by atoms with van der Waals surface area (Å²) in [7, 11) is -1.61. The van der Waals surface area contributed by atoms with Gasteiger partial charge in [-0.1, -0.05) is 20.8 Å². The van der Waals surface area contributed by atoms with Crippen LogP contribution in [0.4, 0.5) is 0 Å². The lowest BCUT2D eigenvalue weighted by Gasteiger charge is -2.36. The molecule has 5 heteroatoms. The summed E-state index contributed by atoms with van der Waals surface area (Å²) in [6, 6.07) is 0. The van der Waals surface area contributed by atoms with Crippen molar-refractivity contribution in [2.75, 3.05) is 19.7 Å². The molecule has 0 heterocycles. The SMILES string of the molecule is CC(C)(C)OC(=O)CNCCCCO[Si](C)(C)C(C)(C)C. The van der Waals surface area contributed by atoms with Gasteiger partial charge in [-0.25, -0.2) is 0 Å². The van der Waals surface area contributed by atoms with E-state index in [1.165, 1.54) is 0 Å². The normalized spacial score (nSPS) is 13.3. The number of hydrogen-bond donors (Lipinski definition) is 1. The second-order valence-electron chi connectivity index (χ2n) is 8.08. The van der Waals surface area contributed by atoms with Gasteiger partial charge in [-0.3, -0.25) is 4.79 Å². The van der Waals surface area contributed by atoms with Crippen molar-refractivity contribution in [3.05, 3.63) is 0 Å². The predicted molar refractivity (Wildman–Crippen MR) is 91.1 cm³/mol. The summed E-state index contributed by atoms with van der Waals surface area (Å²) >= 11 is 0. The molecule has 0 aliphatic rings. The molecule has 0 bridgehead atoms. The molecular formula is C16H35NO3Si. The summed E-state index contributed by atoms with van der Waals surface area (Å²) in [4.78, 5) is 11.5. The first-order valence-corrected chi connectivity index (χ1v) is 10.8. The average molecular weight is 318 g/mol. The molecule has 0 aromatic heterocycles. The largest absolute Gasteiger partial charge is 0.459 e. The second kappa shape index (κ2) is 8.29. The molecule has 4 nitrogen and oxygen atoms in total. The highest BCUT2D eigenvalue weighted by atomic mass is 28.4. The molecule has 126 valence electrons. The van der Waals surface area contributed by atoms with Crippen molar-refractivity contribution in [2.45, 2.75) is 78.1 Å². The summed E-state index contributed by atoms with van der Waals surface area (Å²) in [5.74, 6) is -0.194. The summed E-state index contributed by atoms with van der Waals surface area (Å²) < 4.78 is 11.3. The number of carbonyl (C=O) groups is 1. The first-order valence-electron chi connectivity index (χ1n) is 7.92. The zero-order valence-electron chi connectivity index (χ0n) is 15.3. The fourth-order valence-corrected chi connectivity index (χ4v) is 2.55. The van der Waals surface area contributed by atoms with E-state index in [1.54, 1.807) is 0 Å². The average Bonchev–Trinajstić information content (AvgIpc) is 2.23. The Balaban J connectivity index is 3.64. The third kappa shape index (κ3) is 10.0. The minimum Gasteiger partial charge on any atom is -0.459 e. The van der Waals surface area contributed by atoms with Crippen molar-refractivity contribution in [3.8, 4) is 0 Å². The monoisotopic (exact) mass is 317 g/mol. The van der Waals surface area contributed by atoms with Gasteiger partial charge < -0.3 is 14.5 Å². The molecule has 0 atom stereocenters. The Morgan fingerprint density at radius 2 is 1.62 bits per heavy atom. The van der Waals surface area contributed by atoms with Crippen molar-refractivity contribution >= 4 is 14.3 Å². The highest BCUT2D eigenvalue weighted by Gasteiger charge is 2.36. The van der Waals surface area contributed by atoms with E-state index in [2.05, 4.69) is 39.2 Å². The van der Waals surface area contributed by atoms with Gasteiger partial charge in [0, 0.05) is 6.61 Å². The molecule has 0 aromatic carbocycles. The third-order valence-electron chi connectivity index (χ3n) is 3.71. The van der Waals surface area contributed by atoms with Gasteiger partial charge in [0.15, 0.2) is 8.32 Å². The predicted octanol–water partition coefficient (Wildman–Crippen LogP) is 3.72. The molecule has 0 aliphatic carbocycles. The topological polar surface area (TPSA) is 47.6 Å². The molecule has 0 fully saturated rings. The van der Waals surface area contributed by atoms with Crippen LogP contribution in [0.15, 0.2) is 0 Å². The van der Waals surface area contributed by atoms with Gasteiger partial charge in [0.2, 0.25) is 0 Å². The lowest BCUT2D eigenvalue weighted by Crippen LogP contribution is -2.41. The summed E-state index contributed by atoms with van der Waals surface area (Å²) in [6.07, 6.45) is 2.03. The van der Waals surface area contributed by atoms with Crippen LogP contribution >= 0.6 is 0 Å². The first-order chi connectivity index (χ1) is 9.35. The number of esters is 1. The molecule has 0 spiro atoms. The Labute approximate surface area is 132 Å². The highest BCUT2D eigenvalue weighted by Crippen LogP contribution is 2.36. The zero-order chi connectivity index (χ0) is 16.7. The van der Waals surface area contributed by atoms with Crippen LogP contribution in [0, 0.1) is 0 Å². The lowest BCUT2D eigenvalue weighted by atomic mass is 10.2. The lowest BCUT2D eigenvalue weighted by molar-refractivity contribution is -0.153. The maximum absolute atomic E-state index is 11.5. The van der Waals surface area contributed by atoms with Gasteiger partial charge in [0.25, 0.3) is 0 Å². The smallest absolute Gasteiger partial charge is 0.320 e. The Morgan fingerprint density at radius 1 is 1.05 bits per heavy atom. The van der Waals surface area contributed by atoms with Gasteiger partial charge >= 0.3 is 5.97 Å². The van der Waals surface area contributed by atoms with Crippen LogP contribution in [0.2, 0.25) is 18.1 Å². The highest BCUT2D eigenvalue weighted by molar-refractivity contribution is 6.74. The number of unbranched alkanes of at least 4 members (excludes halogenated alkanes) is 1. The summed E-state index contributed by atoms with van der Waals surface area (Å²) in [5.41, 5.74) is -0.407. The van der Waals surface area contributed by atoms with Crippen LogP contribution in [-0.4, -0.2) is 39.6 Å². The number of ether oxygens (including phenoxy) is 1. The van der Waals surface area contributed by atoms with Crippen molar-refractivity contribution in [3.63, 3.8) is 0 Å². The second-order valence-corrected chi connectivity index (χ2v) is 12.9. The van der Waals surface area contributed by atoms with Gasteiger partial charge in [-0.2, -0.15) is 0 Å². The Hall–Kier alpha value is -0.393. The third-order valence-corrected chi connectivity index (χ3v) is 8.24. The van der Waals surface area contributed by atoms with Crippen molar-refractivity contribution in [1.29, 1.82) is 0 Å². The molecule has 0 rings (SSSR count). The maximum atomic E-state index is 11.5.